The fourth-order valence-corrected chi connectivity index (χ4v) is 4.00. The van der Waals surface area contributed by atoms with E-state index < -0.39 is 15.9 Å². The largest absolute Gasteiger partial charge is 0.322 e. The first-order valence-electron chi connectivity index (χ1n) is 6.90. The molecule has 0 spiro atoms. The number of likely N-dealkylation sites (N-methyl/N-ethyl adjacent to an activating group) is 1. The third kappa shape index (κ3) is 2.73. The number of anilines is 1. The van der Waals surface area contributed by atoms with Crippen molar-refractivity contribution in [3.63, 3.8) is 0 Å². The van der Waals surface area contributed by atoms with E-state index in [1.54, 1.807) is 18.2 Å². The summed E-state index contributed by atoms with van der Waals surface area (Å²) >= 11 is 5.93. The summed E-state index contributed by atoms with van der Waals surface area (Å²) in [7, 11) is -2.24. The zero-order valence-corrected chi connectivity index (χ0v) is 14.1. The van der Waals surface area contributed by atoms with Gasteiger partial charge in [0.05, 0.1) is 18.3 Å². The predicted molar refractivity (Wildman–Crippen MR) is 86.2 cm³/mol. The minimum Gasteiger partial charge on any atom is -0.322 e. The molecular formula is C14H15ClN4O3S. The number of nitrogens with zero attached hydrogens (tertiary/aromatic N) is 3. The van der Waals surface area contributed by atoms with E-state index >= 15 is 0 Å². The van der Waals surface area contributed by atoms with Gasteiger partial charge in [0.25, 0.3) is 15.9 Å². The number of sulfonamides is 1. The van der Waals surface area contributed by atoms with Crippen LogP contribution in [-0.4, -0.2) is 42.0 Å². The SMILES string of the molecule is Cc1ccc(Cl)cc1NC(=O)c1cnn2c1S(=O)(=O)N(C)CC2. The van der Waals surface area contributed by atoms with Crippen LogP contribution < -0.4 is 5.32 Å². The Morgan fingerprint density at radius 2 is 2.09 bits per heavy atom. The number of aromatic nitrogens is 2. The van der Waals surface area contributed by atoms with Crippen molar-refractivity contribution in [1.29, 1.82) is 0 Å². The molecule has 1 aromatic carbocycles. The lowest BCUT2D eigenvalue weighted by atomic mass is 10.2. The molecule has 0 bridgehead atoms. The standard InChI is InChI=1S/C14H15ClN4O3S/c1-9-3-4-10(15)7-12(9)17-13(20)11-8-16-19-6-5-18(2)23(21,22)14(11)19/h3-4,7-8H,5-6H2,1-2H3,(H,17,20). The molecule has 2 aromatic rings. The van der Waals surface area contributed by atoms with Crippen molar-refractivity contribution in [2.75, 3.05) is 18.9 Å². The van der Waals surface area contributed by atoms with Crippen LogP contribution >= 0.6 is 11.6 Å². The summed E-state index contributed by atoms with van der Waals surface area (Å²) in [6.45, 7) is 2.56. The number of nitrogens with one attached hydrogen (secondary N) is 1. The number of carbonyl (C=O) groups is 1. The normalized spacial score (nSPS) is 16.8. The van der Waals surface area contributed by atoms with Gasteiger partial charge in [0.1, 0.15) is 0 Å². The Kier molecular flexibility index (Phi) is 3.91. The van der Waals surface area contributed by atoms with Crippen molar-refractivity contribution in [2.45, 2.75) is 18.5 Å². The topological polar surface area (TPSA) is 84.3 Å². The van der Waals surface area contributed by atoms with Crippen molar-refractivity contribution in [3.05, 3.63) is 40.5 Å². The van der Waals surface area contributed by atoms with Crippen molar-refractivity contribution in [2.24, 2.45) is 0 Å². The minimum absolute atomic E-state index is 0.0240. The quantitative estimate of drug-likeness (QED) is 0.890. The molecule has 1 amide bonds. The van der Waals surface area contributed by atoms with Gasteiger partial charge >= 0.3 is 0 Å². The van der Waals surface area contributed by atoms with Crippen LogP contribution in [0, 0.1) is 6.92 Å². The lowest BCUT2D eigenvalue weighted by Gasteiger charge is -2.23. The minimum atomic E-state index is -3.72. The lowest BCUT2D eigenvalue weighted by molar-refractivity contribution is 0.102. The monoisotopic (exact) mass is 354 g/mol. The van der Waals surface area contributed by atoms with Crippen LogP contribution in [-0.2, 0) is 16.6 Å². The highest BCUT2D eigenvalue weighted by atomic mass is 35.5. The number of amides is 1. The number of benzene rings is 1. The third-order valence-electron chi connectivity index (χ3n) is 3.76. The van der Waals surface area contributed by atoms with Crippen molar-refractivity contribution in [1.82, 2.24) is 14.1 Å². The molecule has 1 aliphatic rings. The van der Waals surface area contributed by atoms with E-state index in [-0.39, 0.29) is 10.6 Å². The van der Waals surface area contributed by atoms with Crippen molar-refractivity contribution in [3.8, 4) is 0 Å². The van der Waals surface area contributed by atoms with Gasteiger partial charge in [0.15, 0.2) is 5.03 Å². The van der Waals surface area contributed by atoms with Crippen LogP contribution in [0.5, 0.6) is 0 Å². The number of hydrogen-bond donors (Lipinski definition) is 1. The second kappa shape index (κ2) is 5.63. The fraction of sp³-hybridized carbons (Fsp3) is 0.286. The van der Waals surface area contributed by atoms with Gasteiger partial charge in [-0.3, -0.25) is 9.48 Å². The summed E-state index contributed by atoms with van der Waals surface area (Å²) in [5, 5.41) is 7.11. The molecule has 0 saturated heterocycles. The van der Waals surface area contributed by atoms with Gasteiger partial charge in [-0.15, -0.1) is 0 Å². The number of fused-ring (bicyclic) bond motifs is 1. The molecule has 0 fully saturated rings. The highest BCUT2D eigenvalue weighted by Gasteiger charge is 2.35. The average molecular weight is 355 g/mol. The number of halogens is 1. The molecule has 2 heterocycles. The van der Waals surface area contributed by atoms with E-state index in [2.05, 4.69) is 10.4 Å². The Morgan fingerprint density at radius 3 is 2.83 bits per heavy atom. The molecule has 0 saturated carbocycles. The highest BCUT2D eigenvalue weighted by molar-refractivity contribution is 7.89. The Labute approximate surface area is 138 Å². The first-order chi connectivity index (χ1) is 10.8. The zero-order valence-electron chi connectivity index (χ0n) is 12.6. The molecule has 7 nitrogen and oxygen atoms in total. The first kappa shape index (κ1) is 16.0. The molecule has 23 heavy (non-hydrogen) atoms. The van der Waals surface area contributed by atoms with Gasteiger partial charge in [-0.25, -0.2) is 8.42 Å². The molecule has 3 rings (SSSR count). The van der Waals surface area contributed by atoms with Gasteiger partial charge in [0, 0.05) is 24.3 Å². The van der Waals surface area contributed by atoms with E-state index in [0.717, 1.165) is 5.56 Å². The van der Waals surface area contributed by atoms with Gasteiger partial charge in [-0.1, -0.05) is 17.7 Å². The van der Waals surface area contributed by atoms with E-state index in [1.807, 2.05) is 6.92 Å². The van der Waals surface area contributed by atoms with Crippen molar-refractivity contribution >= 4 is 33.2 Å². The Balaban J connectivity index is 1.99. The summed E-state index contributed by atoms with van der Waals surface area (Å²) in [6, 6.07) is 5.11. The summed E-state index contributed by atoms with van der Waals surface area (Å²) in [6.07, 6.45) is 1.28. The molecule has 1 N–H and O–H groups in total. The molecule has 0 atom stereocenters. The molecule has 9 heteroatoms. The maximum absolute atomic E-state index is 12.5. The van der Waals surface area contributed by atoms with E-state index in [4.69, 9.17) is 11.6 Å². The molecule has 0 unspecified atom stereocenters. The van der Waals surface area contributed by atoms with Crippen LogP contribution in [0.3, 0.4) is 0 Å². The van der Waals surface area contributed by atoms with Crippen LogP contribution in [0.1, 0.15) is 15.9 Å². The summed E-state index contributed by atoms with van der Waals surface area (Å²) < 4.78 is 27.4. The van der Waals surface area contributed by atoms with Crippen LogP contribution in [0.25, 0.3) is 0 Å². The molecule has 0 aliphatic carbocycles. The van der Waals surface area contributed by atoms with Crippen LogP contribution in [0.15, 0.2) is 29.4 Å². The molecule has 122 valence electrons. The summed E-state index contributed by atoms with van der Waals surface area (Å²) in [5.74, 6) is -0.532. The maximum atomic E-state index is 12.5. The Bertz CT molecular complexity index is 891. The van der Waals surface area contributed by atoms with E-state index in [9.17, 15) is 13.2 Å². The van der Waals surface area contributed by atoms with Crippen molar-refractivity contribution < 1.29 is 13.2 Å². The number of carbonyl (C=O) groups excluding carboxylic acids is 1. The Hall–Kier alpha value is -1.90. The van der Waals surface area contributed by atoms with Gasteiger partial charge in [-0.05, 0) is 24.6 Å². The Morgan fingerprint density at radius 1 is 1.35 bits per heavy atom. The second-order valence-corrected chi connectivity index (χ2v) is 7.72. The number of hydrogen-bond acceptors (Lipinski definition) is 4. The fourth-order valence-electron chi connectivity index (χ4n) is 2.38. The molecule has 1 aromatic heterocycles. The summed E-state index contributed by atoms with van der Waals surface area (Å²) in [5.41, 5.74) is 1.38. The van der Waals surface area contributed by atoms with Gasteiger partial charge in [-0.2, -0.15) is 9.40 Å². The average Bonchev–Trinajstić information content (AvgIpc) is 2.92. The van der Waals surface area contributed by atoms with E-state index in [1.165, 1.54) is 22.2 Å². The third-order valence-corrected chi connectivity index (χ3v) is 5.92. The maximum Gasteiger partial charge on any atom is 0.260 e. The highest BCUT2D eigenvalue weighted by Crippen LogP contribution is 2.25. The van der Waals surface area contributed by atoms with Crippen LogP contribution in [0.4, 0.5) is 5.69 Å². The number of aryl methyl sites for hydroxylation is 1. The molecule has 1 aliphatic heterocycles. The lowest BCUT2D eigenvalue weighted by Crippen LogP contribution is -2.38. The van der Waals surface area contributed by atoms with Gasteiger partial charge < -0.3 is 5.32 Å². The number of rotatable bonds is 2. The summed E-state index contributed by atoms with van der Waals surface area (Å²) in [4.78, 5) is 12.5. The first-order valence-corrected chi connectivity index (χ1v) is 8.72. The molecule has 0 radical (unpaired) electrons. The molecular weight excluding hydrogens is 340 g/mol. The zero-order chi connectivity index (χ0) is 16.8. The second-order valence-electron chi connectivity index (χ2n) is 5.33. The van der Waals surface area contributed by atoms with Gasteiger partial charge in [0.2, 0.25) is 0 Å². The van der Waals surface area contributed by atoms with E-state index in [0.29, 0.717) is 23.8 Å². The van der Waals surface area contributed by atoms with Crippen LogP contribution in [0.2, 0.25) is 5.02 Å². The smallest absolute Gasteiger partial charge is 0.260 e. The predicted octanol–water partition coefficient (Wildman–Crippen LogP) is 1.73.